The molecule has 80 valence electrons. The van der Waals surface area contributed by atoms with E-state index < -0.39 is 5.54 Å². The average molecular weight is 212 g/mol. The van der Waals surface area contributed by atoms with E-state index in [-0.39, 0.29) is 0 Å². The van der Waals surface area contributed by atoms with Gasteiger partial charge in [-0.15, -0.1) is 0 Å². The van der Waals surface area contributed by atoms with Gasteiger partial charge in [-0.3, -0.25) is 0 Å². The minimum absolute atomic E-state index is 0.551. The Morgan fingerprint density at radius 1 is 1.25 bits per heavy atom. The van der Waals surface area contributed by atoms with Gasteiger partial charge in [0.05, 0.1) is 17.7 Å². The number of nitrogens with zero attached hydrogens (tertiary/aromatic N) is 3. The Kier molecular flexibility index (Phi) is 2.52. The van der Waals surface area contributed by atoms with Crippen molar-refractivity contribution in [1.82, 2.24) is 0 Å². The minimum atomic E-state index is -0.728. The van der Waals surface area contributed by atoms with E-state index in [9.17, 15) is 0 Å². The van der Waals surface area contributed by atoms with Crippen molar-refractivity contribution >= 4 is 5.69 Å². The summed E-state index contributed by atoms with van der Waals surface area (Å²) in [4.78, 5) is 2.07. The molecule has 1 atom stereocenters. The van der Waals surface area contributed by atoms with Gasteiger partial charge in [0, 0.05) is 18.8 Å². The third-order valence-corrected chi connectivity index (χ3v) is 2.89. The van der Waals surface area contributed by atoms with Crippen molar-refractivity contribution < 1.29 is 0 Å². The minimum Gasteiger partial charge on any atom is -0.368 e. The van der Waals surface area contributed by atoms with Crippen LogP contribution < -0.4 is 10.6 Å². The third-order valence-electron chi connectivity index (χ3n) is 2.89. The van der Waals surface area contributed by atoms with Crippen LogP contribution in [0.3, 0.4) is 0 Å². The van der Waals surface area contributed by atoms with E-state index in [2.05, 4.69) is 17.0 Å². The van der Waals surface area contributed by atoms with Crippen LogP contribution in [0.2, 0.25) is 0 Å². The summed E-state index contributed by atoms with van der Waals surface area (Å²) in [5, 5.41) is 17.6. The summed E-state index contributed by atoms with van der Waals surface area (Å²) in [6.45, 7) is 1.34. The maximum absolute atomic E-state index is 8.93. The summed E-state index contributed by atoms with van der Waals surface area (Å²) < 4.78 is 0. The SMILES string of the molecule is N#Cc1ccc(N2CCC(N)(C#N)C2)cc1. The van der Waals surface area contributed by atoms with Crippen LogP contribution in [-0.4, -0.2) is 18.6 Å². The second-order valence-electron chi connectivity index (χ2n) is 4.10. The summed E-state index contributed by atoms with van der Waals surface area (Å²) in [6.07, 6.45) is 0.684. The first-order valence-corrected chi connectivity index (χ1v) is 5.12. The Morgan fingerprint density at radius 3 is 2.44 bits per heavy atom. The van der Waals surface area contributed by atoms with Gasteiger partial charge in [0.15, 0.2) is 0 Å². The second-order valence-corrected chi connectivity index (χ2v) is 4.10. The lowest BCUT2D eigenvalue weighted by Crippen LogP contribution is -2.41. The zero-order valence-corrected chi connectivity index (χ0v) is 8.85. The predicted octanol–water partition coefficient (Wildman–Crippen LogP) is 0.989. The Hall–Kier alpha value is -2.04. The molecule has 1 fully saturated rings. The predicted molar refractivity (Wildman–Crippen MR) is 60.5 cm³/mol. The highest BCUT2D eigenvalue weighted by Crippen LogP contribution is 2.24. The maximum atomic E-state index is 8.93. The number of rotatable bonds is 1. The van der Waals surface area contributed by atoms with Gasteiger partial charge in [0.1, 0.15) is 5.54 Å². The summed E-state index contributed by atoms with van der Waals surface area (Å²) >= 11 is 0. The molecule has 1 aromatic rings. The first-order valence-electron chi connectivity index (χ1n) is 5.12. The lowest BCUT2D eigenvalue weighted by Gasteiger charge is -2.19. The first kappa shape index (κ1) is 10.5. The molecule has 1 aromatic carbocycles. The van der Waals surface area contributed by atoms with Crippen molar-refractivity contribution in [2.75, 3.05) is 18.0 Å². The largest absolute Gasteiger partial charge is 0.368 e. The normalized spacial score (nSPS) is 23.8. The van der Waals surface area contributed by atoms with Crippen LogP contribution in [0.1, 0.15) is 12.0 Å². The molecule has 4 heteroatoms. The van der Waals surface area contributed by atoms with Crippen LogP contribution in [0.5, 0.6) is 0 Å². The molecule has 0 spiro atoms. The summed E-state index contributed by atoms with van der Waals surface area (Å²) in [5.41, 5.74) is 6.82. The molecule has 0 aliphatic carbocycles. The van der Waals surface area contributed by atoms with Crippen LogP contribution in [0.15, 0.2) is 24.3 Å². The Balaban J connectivity index is 2.16. The summed E-state index contributed by atoms with van der Waals surface area (Å²) in [6, 6.07) is 11.6. The molecule has 0 saturated carbocycles. The second kappa shape index (κ2) is 3.84. The number of nitriles is 2. The Labute approximate surface area is 94.5 Å². The smallest absolute Gasteiger partial charge is 0.123 e. The molecule has 1 saturated heterocycles. The number of anilines is 1. The standard InChI is InChI=1S/C12H12N4/c13-7-10-1-3-11(4-2-10)16-6-5-12(15,8-14)9-16/h1-4H,5-6,9,15H2. The van der Waals surface area contributed by atoms with Crippen LogP contribution >= 0.6 is 0 Å². The fourth-order valence-corrected chi connectivity index (χ4v) is 1.89. The monoisotopic (exact) mass is 212 g/mol. The van der Waals surface area contributed by atoms with E-state index in [1.165, 1.54) is 0 Å². The molecule has 2 N–H and O–H groups in total. The zero-order chi connectivity index (χ0) is 11.6. The molecule has 1 aliphatic heterocycles. The van der Waals surface area contributed by atoms with Gasteiger partial charge >= 0.3 is 0 Å². The maximum Gasteiger partial charge on any atom is 0.123 e. The molecule has 0 amide bonds. The van der Waals surface area contributed by atoms with Gasteiger partial charge in [-0.1, -0.05) is 0 Å². The highest BCUT2D eigenvalue weighted by molar-refractivity contribution is 5.51. The Bertz CT molecular complexity index is 465. The van der Waals surface area contributed by atoms with E-state index >= 15 is 0 Å². The van der Waals surface area contributed by atoms with Crippen LogP contribution in [0.4, 0.5) is 5.69 Å². The molecule has 4 nitrogen and oxygen atoms in total. The molecule has 0 aromatic heterocycles. The topological polar surface area (TPSA) is 76.8 Å². The molecular weight excluding hydrogens is 200 g/mol. The van der Waals surface area contributed by atoms with E-state index in [1.807, 2.05) is 12.1 Å². The van der Waals surface area contributed by atoms with Crippen molar-refractivity contribution in [3.63, 3.8) is 0 Å². The lowest BCUT2D eigenvalue weighted by molar-refractivity contribution is 0.606. The van der Waals surface area contributed by atoms with Crippen molar-refractivity contribution in [3.05, 3.63) is 29.8 Å². The third kappa shape index (κ3) is 1.84. The number of hydrogen-bond acceptors (Lipinski definition) is 4. The van der Waals surface area contributed by atoms with Crippen molar-refractivity contribution in [3.8, 4) is 12.1 Å². The van der Waals surface area contributed by atoms with E-state index in [0.29, 0.717) is 18.5 Å². The Morgan fingerprint density at radius 2 is 1.94 bits per heavy atom. The quantitative estimate of drug-likeness (QED) is 0.753. The van der Waals surface area contributed by atoms with Gasteiger partial charge in [-0.05, 0) is 30.7 Å². The fraction of sp³-hybridized carbons (Fsp3) is 0.333. The van der Waals surface area contributed by atoms with Crippen molar-refractivity contribution in [2.24, 2.45) is 5.73 Å². The molecule has 0 radical (unpaired) electrons. The number of nitrogens with two attached hydrogens (primary N) is 1. The lowest BCUT2D eigenvalue weighted by atomic mass is 10.0. The van der Waals surface area contributed by atoms with Crippen LogP contribution in [0.25, 0.3) is 0 Å². The van der Waals surface area contributed by atoms with E-state index in [0.717, 1.165) is 12.2 Å². The highest BCUT2D eigenvalue weighted by Gasteiger charge is 2.34. The first-order chi connectivity index (χ1) is 7.67. The average Bonchev–Trinajstić information content (AvgIpc) is 2.73. The molecule has 2 rings (SSSR count). The molecular formula is C12H12N4. The molecule has 1 aliphatic rings. The zero-order valence-electron chi connectivity index (χ0n) is 8.85. The number of benzene rings is 1. The van der Waals surface area contributed by atoms with Gasteiger partial charge in [0.25, 0.3) is 0 Å². The molecule has 0 bridgehead atoms. The molecule has 16 heavy (non-hydrogen) atoms. The number of hydrogen-bond donors (Lipinski definition) is 1. The van der Waals surface area contributed by atoms with E-state index in [1.54, 1.807) is 12.1 Å². The van der Waals surface area contributed by atoms with E-state index in [4.69, 9.17) is 16.3 Å². The molecule has 1 unspecified atom stereocenters. The van der Waals surface area contributed by atoms with Crippen molar-refractivity contribution in [1.29, 1.82) is 10.5 Å². The fourth-order valence-electron chi connectivity index (χ4n) is 1.89. The van der Waals surface area contributed by atoms with Gasteiger partial charge in [0.2, 0.25) is 0 Å². The molecule has 1 heterocycles. The van der Waals surface area contributed by atoms with Gasteiger partial charge in [-0.25, -0.2) is 0 Å². The summed E-state index contributed by atoms with van der Waals surface area (Å²) in [5.74, 6) is 0. The highest BCUT2D eigenvalue weighted by atomic mass is 15.2. The van der Waals surface area contributed by atoms with Crippen LogP contribution in [-0.2, 0) is 0 Å². The summed E-state index contributed by atoms with van der Waals surface area (Å²) in [7, 11) is 0. The van der Waals surface area contributed by atoms with Crippen molar-refractivity contribution in [2.45, 2.75) is 12.0 Å². The van der Waals surface area contributed by atoms with Crippen LogP contribution in [0, 0.1) is 22.7 Å². The van der Waals surface area contributed by atoms with Gasteiger partial charge < -0.3 is 10.6 Å². The van der Waals surface area contributed by atoms with Gasteiger partial charge in [-0.2, -0.15) is 10.5 Å².